The highest BCUT2D eigenvalue weighted by Gasteiger charge is 2.30. The van der Waals surface area contributed by atoms with Crippen LogP contribution in [0.25, 0.3) is 0 Å². The van der Waals surface area contributed by atoms with Crippen LogP contribution in [0.3, 0.4) is 0 Å². The van der Waals surface area contributed by atoms with Gasteiger partial charge in [-0.3, -0.25) is 4.79 Å². The molecule has 2 aromatic carbocycles. The fraction of sp³-hybridized carbons (Fsp3) is 0.278. The first-order valence-corrected chi connectivity index (χ1v) is 7.86. The molecule has 0 aromatic heterocycles. The van der Waals surface area contributed by atoms with Gasteiger partial charge in [0.1, 0.15) is 11.5 Å². The average molecular weight is 350 g/mol. The fourth-order valence-electron chi connectivity index (χ4n) is 2.40. The van der Waals surface area contributed by atoms with Crippen molar-refractivity contribution in [2.75, 3.05) is 19.6 Å². The molecule has 0 atom stereocenters. The van der Waals surface area contributed by atoms with Crippen LogP contribution in [0.5, 0.6) is 11.5 Å². The van der Waals surface area contributed by atoms with Gasteiger partial charge in [0.2, 0.25) is 0 Å². The fourth-order valence-corrected chi connectivity index (χ4v) is 2.40. The van der Waals surface area contributed by atoms with Crippen LogP contribution in [0, 0.1) is 5.92 Å². The zero-order valence-electron chi connectivity index (χ0n) is 13.3. The second-order valence-electron chi connectivity index (χ2n) is 5.89. The monoisotopic (exact) mass is 350 g/mol. The SMILES string of the molecule is O=C(NCC1CNC1)c1cccc(Oc2cccc(C(F)(F)F)c2)c1. The molecule has 0 bridgehead atoms. The number of carbonyl (C=O) groups excluding carboxylic acids is 1. The number of carbonyl (C=O) groups is 1. The lowest BCUT2D eigenvalue weighted by Gasteiger charge is -2.27. The molecule has 1 aliphatic heterocycles. The summed E-state index contributed by atoms with van der Waals surface area (Å²) in [5, 5.41) is 5.96. The lowest BCUT2D eigenvalue weighted by atomic mass is 10.0. The molecule has 0 radical (unpaired) electrons. The molecule has 2 N–H and O–H groups in total. The molecular weight excluding hydrogens is 333 g/mol. The van der Waals surface area contributed by atoms with Crippen molar-refractivity contribution in [1.82, 2.24) is 10.6 Å². The molecular formula is C18H17F3N2O2. The van der Waals surface area contributed by atoms with Gasteiger partial charge >= 0.3 is 6.18 Å². The molecule has 1 saturated heterocycles. The van der Waals surface area contributed by atoms with Crippen LogP contribution < -0.4 is 15.4 Å². The van der Waals surface area contributed by atoms with E-state index >= 15 is 0 Å². The van der Waals surface area contributed by atoms with E-state index in [-0.39, 0.29) is 11.7 Å². The third kappa shape index (κ3) is 4.51. The molecule has 0 spiro atoms. The van der Waals surface area contributed by atoms with Crippen molar-refractivity contribution >= 4 is 5.91 Å². The quantitative estimate of drug-likeness (QED) is 0.868. The Hall–Kier alpha value is -2.54. The van der Waals surface area contributed by atoms with Gasteiger partial charge in [0, 0.05) is 31.1 Å². The summed E-state index contributed by atoms with van der Waals surface area (Å²) in [5.41, 5.74) is -0.384. The molecule has 1 fully saturated rings. The van der Waals surface area contributed by atoms with E-state index in [2.05, 4.69) is 10.6 Å². The highest BCUT2D eigenvalue weighted by molar-refractivity contribution is 5.94. The standard InChI is InChI=1S/C18H17F3N2O2/c19-18(20,21)14-4-2-6-16(8-14)25-15-5-1-3-13(7-15)17(24)23-11-12-9-22-10-12/h1-8,12,22H,9-11H2,(H,23,24). The maximum atomic E-state index is 12.7. The molecule has 132 valence electrons. The topological polar surface area (TPSA) is 50.4 Å². The summed E-state index contributed by atoms with van der Waals surface area (Å²) in [6, 6.07) is 11.0. The van der Waals surface area contributed by atoms with Crippen molar-refractivity contribution in [1.29, 1.82) is 0 Å². The van der Waals surface area contributed by atoms with Gasteiger partial charge in [-0.15, -0.1) is 0 Å². The van der Waals surface area contributed by atoms with Crippen LogP contribution in [-0.4, -0.2) is 25.5 Å². The molecule has 2 aromatic rings. The highest BCUT2D eigenvalue weighted by atomic mass is 19.4. The maximum absolute atomic E-state index is 12.7. The summed E-state index contributed by atoms with van der Waals surface area (Å²) in [4.78, 5) is 12.1. The number of ether oxygens (including phenoxy) is 1. The van der Waals surface area contributed by atoms with Crippen molar-refractivity contribution in [3.8, 4) is 11.5 Å². The van der Waals surface area contributed by atoms with E-state index in [1.807, 2.05) is 0 Å². The van der Waals surface area contributed by atoms with Crippen LogP contribution in [0.15, 0.2) is 48.5 Å². The van der Waals surface area contributed by atoms with E-state index in [1.54, 1.807) is 18.2 Å². The number of amides is 1. The molecule has 1 amide bonds. The molecule has 0 aliphatic carbocycles. The number of alkyl halides is 3. The second-order valence-corrected chi connectivity index (χ2v) is 5.89. The zero-order valence-corrected chi connectivity index (χ0v) is 13.3. The minimum Gasteiger partial charge on any atom is -0.457 e. The third-order valence-electron chi connectivity index (χ3n) is 3.91. The third-order valence-corrected chi connectivity index (χ3v) is 3.91. The molecule has 3 rings (SSSR count). The lowest BCUT2D eigenvalue weighted by molar-refractivity contribution is -0.137. The number of hydrogen-bond acceptors (Lipinski definition) is 3. The van der Waals surface area contributed by atoms with Gasteiger partial charge in [-0.2, -0.15) is 13.2 Å². The summed E-state index contributed by atoms with van der Waals surface area (Å²) in [7, 11) is 0. The predicted molar refractivity (Wildman–Crippen MR) is 86.7 cm³/mol. The second kappa shape index (κ2) is 7.14. The lowest BCUT2D eigenvalue weighted by Crippen LogP contribution is -2.48. The summed E-state index contributed by atoms with van der Waals surface area (Å²) in [6.07, 6.45) is -4.43. The van der Waals surface area contributed by atoms with Crippen LogP contribution in [0.4, 0.5) is 13.2 Å². The van der Waals surface area contributed by atoms with E-state index in [9.17, 15) is 18.0 Å². The van der Waals surface area contributed by atoms with Crippen molar-refractivity contribution in [3.63, 3.8) is 0 Å². The zero-order chi connectivity index (χ0) is 17.9. The molecule has 1 aliphatic rings. The van der Waals surface area contributed by atoms with Gasteiger partial charge in [0.25, 0.3) is 5.91 Å². The number of rotatable bonds is 5. The Morgan fingerprint density at radius 1 is 1.12 bits per heavy atom. The summed E-state index contributed by atoms with van der Waals surface area (Å²) in [5.74, 6) is 0.570. The van der Waals surface area contributed by atoms with Gasteiger partial charge < -0.3 is 15.4 Å². The first-order chi connectivity index (χ1) is 11.9. The van der Waals surface area contributed by atoms with Gasteiger partial charge in [-0.05, 0) is 36.4 Å². The number of benzene rings is 2. The Balaban J connectivity index is 1.68. The van der Waals surface area contributed by atoms with Crippen LogP contribution in [0.2, 0.25) is 0 Å². The van der Waals surface area contributed by atoms with E-state index in [1.165, 1.54) is 18.2 Å². The van der Waals surface area contributed by atoms with Crippen molar-refractivity contribution in [2.24, 2.45) is 5.92 Å². The Bertz CT molecular complexity index is 758. The number of hydrogen-bond donors (Lipinski definition) is 2. The predicted octanol–water partition coefficient (Wildman–Crippen LogP) is 3.45. The molecule has 25 heavy (non-hydrogen) atoms. The van der Waals surface area contributed by atoms with Crippen LogP contribution >= 0.6 is 0 Å². The van der Waals surface area contributed by atoms with Crippen LogP contribution in [-0.2, 0) is 6.18 Å². The maximum Gasteiger partial charge on any atom is 0.416 e. The first kappa shape index (κ1) is 17.3. The average Bonchev–Trinajstić information content (AvgIpc) is 2.53. The van der Waals surface area contributed by atoms with E-state index in [0.29, 0.717) is 23.8 Å². The van der Waals surface area contributed by atoms with Gasteiger partial charge in [0.15, 0.2) is 0 Å². The van der Waals surface area contributed by atoms with E-state index in [0.717, 1.165) is 25.2 Å². The Kier molecular flexibility index (Phi) is 4.94. The van der Waals surface area contributed by atoms with Gasteiger partial charge in [0.05, 0.1) is 5.56 Å². The molecule has 0 unspecified atom stereocenters. The van der Waals surface area contributed by atoms with Crippen LogP contribution in [0.1, 0.15) is 15.9 Å². The largest absolute Gasteiger partial charge is 0.457 e. The van der Waals surface area contributed by atoms with E-state index in [4.69, 9.17) is 4.74 Å². The summed E-state index contributed by atoms with van der Waals surface area (Å²) >= 11 is 0. The molecule has 1 heterocycles. The highest BCUT2D eigenvalue weighted by Crippen LogP contribution is 2.32. The number of nitrogens with one attached hydrogen (secondary N) is 2. The van der Waals surface area contributed by atoms with Crippen molar-refractivity contribution < 1.29 is 22.7 Å². The number of halogens is 3. The van der Waals surface area contributed by atoms with Gasteiger partial charge in [-0.1, -0.05) is 12.1 Å². The minimum absolute atomic E-state index is 0.0629. The normalized spacial score (nSPS) is 14.7. The Labute approximate surface area is 143 Å². The summed E-state index contributed by atoms with van der Waals surface area (Å²) in [6.45, 7) is 2.36. The van der Waals surface area contributed by atoms with Crippen molar-refractivity contribution in [3.05, 3.63) is 59.7 Å². The first-order valence-electron chi connectivity index (χ1n) is 7.86. The van der Waals surface area contributed by atoms with E-state index < -0.39 is 11.7 Å². The molecule has 7 heteroatoms. The smallest absolute Gasteiger partial charge is 0.416 e. The molecule has 0 saturated carbocycles. The molecule has 4 nitrogen and oxygen atoms in total. The minimum atomic E-state index is -4.43. The van der Waals surface area contributed by atoms with Gasteiger partial charge in [-0.25, -0.2) is 0 Å². The Morgan fingerprint density at radius 3 is 2.44 bits per heavy atom. The van der Waals surface area contributed by atoms with Crippen molar-refractivity contribution in [2.45, 2.75) is 6.18 Å². The summed E-state index contributed by atoms with van der Waals surface area (Å²) < 4.78 is 43.7. The Morgan fingerprint density at radius 2 is 1.80 bits per heavy atom.